The van der Waals surface area contributed by atoms with E-state index in [2.05, 4.69) is 43.5 Å². The number of hydrogen-bond donors (Lipinski definition) is 3. The lowest BCUT2D eigenvalue weighted by Gasteiger charge is -2.20. The first-order valence-corrected chi connectivity index (χ1v) is 37.3. The number of aliphatic hydroxyl groups excluding tert-OH is 2. The third kappa shape index (κ3) is 67.2. The zero-order valence-electron chi connectivity index (χ0n) is 55.5. The van der Waals surface area contributed by atoms with Crippen LogP contribution in [0.4, 0.5) is 0 Å². The molecule has 0 aliphatic carbocycles. The second-order valence-corrected chi connectivity index (χ2v) is 25.6. The summed E-state index contributed by atoms with van der Waals surface area (Å²) >= 11 is 0. The Kier molecular flexibility index (Phi) is 69.9. The summed E-state index contributed by atoms with van der Waals surface area (Å²) in [6, 6.07) is -0.626. The van der Waals surface area contributed by atoms with Gasteiger partial charge in [-0.1, -0.05) is 371 Å². The number of allylic oxidation sites excluding steroid dienone is 5. The first-order valence-electron chi connectivity index (χ1n) is 37.3. The Balaban J connectivity index is 3.37. The predicted octanol–water partition coefficient (Wildman–Crippen LogP) is 24.3. The summed E-state index contributed by atoms with van der Waals surface area (Å²) in [6.45, 7) is 4.94. The van der Waals surface area contributed by atoms with Gasteiger partial charge in [-0.3, -0.25) is 9.59 Å². The van der Waals surface area contributed by atoms with Crippen LogP contribution in [0.25, 0.3) is 0 Å². The average molecular weight is 1150 g/mol. The zero-order valence-corrected chi connectivity index (χ0v) is 55.5. The van der Waals surface area contributed by atoms with Crippen molar-refractivity contribution in [2.45, 2.75) is 424 Å². The van der Waals surface area contributed by atoms with E-state index in [0.717, 1.165) is 44.9 Å². The molecule has 0 radical (unpaired) electrons. The quantitative estimate of drug-likeness (QED) is 0.0320. The first-order chi connectivity index (χ1) is 40.5. The molecule has 2 unspecified atom stereocenters. The van der Waals surface area contributed by atoms with E-state index in [9.17, 15) is 19.8 Å². The van der Waals surface area contributed by atoms with Gasteiger partial charge in [-0.25, -0.2) is 0 Å². The summed E-state index contributed by atoms with van der Waals surface area (Å²) in [6.07, 6.45) is 92.5. The third-order valence-electron chi connectivity index (χ3n) is 17.4. The third-order valence-corrected chi connectivity index (χ3v) is 17.4. The lowest BCUT2D eigenvalue weighted by atomic mass is 10.0. The molecule has 0 heterocycles. The van der Waals surface area contributed by atoms with Crippen LogP contribution in [0.1, 0.15) is 412 Å². The fraction of sp³-hybridized carbons (Fsp3) is 0.895. The van der Waals surface area contributed by atoms with Gasteiger partial charge in [0, 0.05) is 12.8 Å². The van der Waals surface area contributed by atoms with Crippen molar-refractivity contribution in [1.82, 2.24) is 5.32 Å². The number of carbonyl (C=O) groups is 2. The van der Waals surface area contributed by atoms with Gasteiger partial charge in [-0.2, -0.15) is 0 Å². The minimum absolute atomic E-state index is 0.0200. The molecule has 484 valence electrons. The number of rotatable bonds is 70. The van der Waals surface area contributed by atoms with Gasteiger partial charge >= 0.3 is 5.97 Å². The Morgan fingerprint density at radius 2 is 0.610 bits per heavy atom. The molecule has 6 heteroatoms. The molecular formula is C76H145NO5. The highest BCUT2D eigenvalue weighted by Crippen LogP contribution is 2.19. The summed E-state index contributed by atoms with van der Waals surface area (Å²) in [7, 11) is 0. The normalized spacial score (nSPS) is 12.7. The van der Waals surface area contributed by atoms with Crippen LogP contribution in [0.3, 0.4) is 0 Å². The van der Waals surface area contributed by atoms with E-state index in [0.29, 0.717) is 19.4 Å². The maximum Gasteiger partial charge on any atom is 0.305 e. The fourth-order valence-electron chi connectivity index (χ4n) is 11.7. The lowest BCUT2D eigenvalue weighted by Crippen LogP contribution is -2.45. The maximum absolute atomic E-state index is 12.5. The smallest absolute Gasteiger partial charge is 0.305 e. The number of amides is 1. The predicted molar refractivity (Wildman–Crippen MR) is 361 cm³/mol. The molecule has 0 aromatic carbocycles. The molecular weight excluding hydrogens is 1010 g/mol. The first kappa shape index (κ1) is 80.1. The molecule has 0 aromatic heterocycles. The van der Waals surface area contributed by atoms with E-state index in [1.165, 1.54) is 340 Å². The molecule has 0 rings (SSSR count). The topological polar surface area (TPSA) is 95.9 Å². The number of ether oxygens (including phenoxy) is 1. The molecule has 0 aromatic rings. The van der Waals surface area contributed by atoms with E-state index in [1.54, 1.807) is 6.08 Å². The Morgan fingerprint density at radius 1 is 0.341 bits per heavy atom. The summed E-state index contributed by atoms with van der Waals surface area (Å²) in [5, 5.41) is 23.2. The van der Waals surface area contributed by atoms with Crippen molar-refractivity contribution in [3.8, 4) is 0 Å². The van der Waals surface area contributed by atoms with Gasteiger partial charge in [-0.15, -0.1) is 0 Å². The van der Waals surface area contributed by atoms with Crippen LogP contribution in [0.2, 0.25) is 0 Å². The van der Waals surface area contributed by atoms with Crippen LogP contribution in [0, 0.1) is 0 Å². The van der Waals surface area contributed by atoms with Crippen LogP contribution < -0.4 is 5.32 Å². The van der Waals surface area contributed by atoms with Crippen LogP contribution in [0.5, 0.6) is 0 Å². The second kappa shape index (κ2) is 71.6. The Morgan fingerprint density at radius 3 is 0.927 bits per heavy atom. The highest BCUT2D eigenvalue weighted by atomic mass is 16.5. The van der Waals surface area contributed by atoms with Crippen molar-refractivity contribution in [3.63, 3.8) is 0 Å². The standard InChI is InChI=1S/C76H145NO5/c1-3-5-7-9-11-13-15-17-40-44-48-52-56-60-64-68-74(79)73(72-78)77-75(80)69-65-61-57-53-49-45-42-38-36-34-32-30-28-26-24-22-20-19-21-23-25-27-29-31-33-35-37-39-43-47-51-55-59-63-67-71-82-76(81)70-66-62-58-54-50-46-41-18-16-14-12-10-8-6-4-2/h21,23,27,29,64,68,73-74,78-79H,3-20,22,24-26,28,30-63,65-67,69-72H2,1-2H3,(H,77,80)/b23-21-,29-27-,68-64+. The van der Waals surface area contributed by atoms with Crippen molar-refractivity contribution in [2.75, 3.05) is 13.2 Å². The van der Waals surface area contributed by atoms with Gasteiger partial charge in [0.25, 0.3) is 0 Å². The molecule has 1 amide bonds. The Hall–Kier alpha value is -1.92. The van der Waals surface area contributed by atoms with Crippen LogP contribution in [-0.4, -0.2) is 47.4 Å². The highest BCUT2D eigenvalue weighted by molar-refractivity contribution is 5.76. The molecule has 2 atom stereocenters. The zero-order chi connectivity index (χ0) is 59.2. The number of esters is 1. The summed E-state index contributed by atoms with van der Waals surface area (Å²) in [5.41, 5.74) is 0. The summed E-state index contributed by atoms with van der Waals surface area (Å²) in [5.74, 6) is -0.0433. The molecule has 0 fully saturated rings. The van der Waals surface area contributed by atoms with Gasteiger partial charge in [0.2, 0.25) is 5.91 Å². The van der Waals surface area contributed by atoms with E-state index in [1.807, 2.05) is 6.08 Å². The summed E-state index contributed by atoms with van der Waals surface area (Å²) in [4.78, 5) is 24.6. The van der Waals surface area contributed by atoms with E-state index >= 15 is 0 Å². The molecule has 0 spiro atoms. The van der Waals surface area contributed by atoms with Crippen molar-refractivity contribution in [2.24, 2.45) is 0 Å². The number of hydrogen-bond acceptors (Lipinski definition) is 5. The summed E-state index contributed by atoms with van der Waals surface area (Å²) < 4.78 is 5.50. The van der Waals surface area contributed by atoms with Gasteiger partial charge in [0.1, 0.15) is 0 Å². The minimum Gasteiger partial charge on any atom is -0.466 e. The number of unbranched alkanes of at least 4 members (excludes halogenated alkanes) is 55. The largest absolute Gasteiger partial charge is 0.466 e. The van der Waals surface area contributed by atoms with Crippen molar-refractivity contribution in [1.29, 1.82) is 0 Å². The molecule has 82 heavy (non-hydrogen) atoms. The van der Waals surface area contributed by atoms with Gasteiger partial charge < -0.3 is 20.3 Å². The second-order valence-electron chi connectivity index (χ2n) is 25.6. The number of carbonyl (C=O) groups excluding carboxylic acids is 2. The average Bonchev–Trinajstić information content (AvgIpc) is 3.48. The van der Waals surface area contributed by atoms with Crippen molar-refractivity contribution in [3.05, 3.63) is 36.5 Å². The molecule has 0 aliphatic rings. The molecule has 0 saturated heterocycles. The molecule has 3 N–H and O–H groups in total. The van der Waals surface area contributed by atoms with E-state index in [-0.39, 0.29) is 18.5 Å². The van der Waals surface area contributed by atoms with Gasteiger partial charge in [-0.05, 0) is 64.2 Å². The lowest BCUT2D eigenvalue weighted by molar-refractivity contribution is -0.143. The van der Waals surface area contributed by atoms with Gasteiger partial charge in [0.05, 0.1) is 25.4 Å². The monoisotopic (exact) mass is 1150 g/mol. The van der Waals surface area contributed by atoms with Gasteiger partial charge in [0.15, 0.2) is 0 Å². The number of nitrogens with one attached hydrogen (secondary N) is 1. The fourth-order valence-corrected chi connectivity index (χ4v) is 11.7. The number of aliphatic hydroxyl groups is 2. The molecule has 0 saturated carbocycles. The molecule has 0 aliphatic heterocycles. The molecule has 0 bridgehead atoms. The van der Waals surface area contributed by atoms with Crippen LogP contribution in [0.15, 0.2) is 36.5 Å². The minimum atomic E-state index is -0.843. The highest BCUT2D eigenvalue weighted by Gasteiger charge is 2.18. The van der Waals surface area contributed by atoms with Crippen molar-refractivity contribution < 1.29 is 24.5 Å². The SMILES string of the molecule is CCCCCCCCCCCCCCC/C=C/C(O)C(CO)NC(=O)CCCCCCCCCCCCCCCCCCC/C=C\C/C=C\CCCCCCCCCCCCCOC(=O)CCCCCCCCCCCCCCCCC. The van der Waals surface area contributed by atoms with Crippen LogP contribution in [-0.2, 0) is 14.3 Å². The Labute approximate surface area is 513 Å². The Bertz CT molecular complexity index is 1330. The maximum atomic E-state index is 12.5. The molecule has 6 nitrogen and oxygen atoms in total. The van der Waals surface area contributed by atoms with E-state index in [4.69, 9.17) is 4.74 Å². The van der Waals surface area contributed by atoms with Crippen molar-refractivity contribution >= 4 is 11.9 Å². The van der Waals surface area contributed by atoms with Crippen LogP contribution >= 0.6 is 0 Å². The van der Waals surface area contributed by atoms with E-state index < -0.39 is 12.1 Å².